The summed E-state index contributed by atoms with van der Waals surface area (Å²) in [7, 11) is 0. The summed E-state index contributed by atoms with van der Waals surface area (Å²) < 4.78 is 2.00. The summed E-state index contributed by atoms with van der Waals surface area (Å²) in [5, 5.41) is 7.87. The smallest absolute Gasteiger partial charge is 0.0726 e. The van der Waals surface area contributed by atoms with Crippen molar-refractivity contribution in [2.24, 2.45) is 11.8 Å². The van der Waals surface area contributed by atoms with Gasteiger partial charge in [-0.15, -0.1) is 0 Å². The van der Waals surface area contributed by atoms with Gasteiger partial charge in [0.25, 0.3) is 0 Å². The number of nitrogens with one attached hydrogen (secondary N) is 1. The quantitative estimate of drug-likeness (QED) is 0.819. The first-order chi connectivity index (χ1) is 8.54. The summed E-state index contributed by atoms with van der Waals surface area (Å²) >= 11 is 0. The third-order valence-corrected chi connectivity index (χ3v) is 3.61. The predicted octanol–water partition coefficient (Wildman–Crippen LogP) is 3.87. The van der Waals surface area contributed by atoms with Crippen LogP contribution < -0.4 is 5.32 Å². The van der Waals surface area contributed by atoms with E-state index in [0.717, 1.165) is 24.1 Å². The minimum atomic E-state index is 0.431. The molecule has 0 aliphatic heterocycles. The molecule has 3 nitrogen and oxygen atoms in total. The van der Waals surface area contributed by atoms with Gasteiger partial charge in [-0.1, -0.05) is 18.6 Å². The van der Waals surface area contributed by atoms with Crippen molar-refractivity contribution in [3.05, 3.63) is 24.0 Å². The van der Waals surface area contributed by atoms with Gasteiger partial charge in [0.1, 0.15) is 0 Å². The molecule has 3 heteroatoms. The Bertz CT molecular complexity index is 417. The minimum Gasteiger partial charge on any atom is -0.382 e. The minimum absolute atomic E-state index is 0.431. The summed E-state index contributed by atoms with van der Waals surface area (Å²) in [4.78, 5) is 0. The van der Waals surface area contributed by atoms with E-state index >= 15 is 0 Å². The van der Waals surface area contributed by atoms with Crippen LogP contribution in [0.15, 0.2) is 24.0 Å². The first-order valence-electron chi connectivity index (χ1n) is 7.00. The highest BCUT2D eigenvalue weighted by atomic mass is 15.3. The monoisotopic (exact) mass is 247 g/mol. The van der Waals surface area contributed by atoms with Crippen molar-refractivity contribution in [3.8, 4) is 0 Å². The molecule has 1 aromatic rings. The lowest BCUT2D eigenvalue weighted by Crippen LogP contribution is -2.20. The van der Waals surface area contributed by atoms with Crippen molar-refractivity contribution in [2.45, 2.75) is 46.6 Å². The molecule has 0 saturated heterocycles. The highest BCUT2D eigenvalue weighted by molar-refractivity contribution is 5.38. The maximum atomic E-state index is 4.35. The molecule has 2 unspecified atom stereocenters. The summed E-state index contributed by atoms with van der Waals surface area (Å²) in [6, 6.07) is 0.431. The highest BCUT2D eigenvalue weighted by Gasteiger charge is 2.17. The molecule has 0 saturated carbocycles. The van der Waals surface area contributed by atoms with E-state index in [4.69, 9.17) is 0 Å². The Balaban J connectivity index is 1.86. The molecule has 2 atom stereocenters. The van der Waals surface area contributed by atoms with Crippen molar-refractivity contribution >= 4 is 5.69 Å². The second-order valence-electron chi connectivity index (χ2n) is 5.98. The Morgan fingerprint density at radius 1 is 1.50 bits per heavy atom. The fourth-order valence-corrected chi connectivity index (χ4v) is 2.82. The van der Waals surface area contributed by atoms with E-state index in [2.05, 4.69) is 50.4 Å². The molecule has 0 radical (unpaired) electrons. The van der Waals surface area contributed by atoms with E-state index in [-0.39, 0.29) is 0 Å². The zero-order chi connectivity index (χ0) is 13.1. The van der Waals surface area contributed by atoms with Gasteiger partial charge in [0, 0.05) is 18.8 Å². The Hall–Kier alpha value is -1.25. The van der Waals surface area contributed by atoms with Crippen LogP contribution in [0.4, 0.5) is 5.69 Å². The van der Waals surface area contributed by atoms with Crippen molar-refractivity contribution in [2.75, 3.05) is 11.9 Å². The second kappa shape index (κ2) is 5.59. The average Bonchev–Trinajstić information content (AvgIpc) is 2.73. The van der Waals surface area contributed by atoms with Crippen LogP contribution in [0.2, 0.25) is 0 Å². The summed E-state index contributed by atoms with van der Waals surface area (Å²) in [5.74, 6) is 1.48. The molecule has 0 amide bonds. The molecule has 0 fully saturated rings. The lowest BCUT2D eigenvalue weighted by Gasteiger charge is -2.25. The fourth-order valence-electron chi connectivity index (χ4n) is 2.82. The normalized spacial score (nSPS) is 24.2. The summed E-state index contributed by atoms with van der Waals surface area (Å²) in [5.41, 5.74) is 2.68. The van der Waals surface area contributed by atoms with E-state index in [1.165, 1.54) is 12.8 Å². The maximum absolute atomic E-state index is 4.35. The van der Waals surface area contributed by atoms with E-state index in [9.17, 15) is 0 Å². The van der Waals surface area contributed by atoms with Crippen LogP contribution in [-0.2, 0) is 0 Å². The van der Waals surface area contributed by atoms with Crippen LogP contribution in [0.25, 0.3) is 0 Å². The predicted molar refractivity (Wildman–Crippen MR) is 76.7 cm³/mol. The van der Waals surface area contributed by atoms with Crippen LogP contribution >= 0.6 is 0 Å². The molecule has 0 spiro atoms. The van der Waals surface area contributed by atoms with Crippen molar-refractivity contribution in [1.82, 2.24) is 9.78 Å². The third kappa shape index (κ3) is 3.37. The van der Waals surface area contributed by atoms with E-state index < -0.39 is 0 Å². The third-order valence-electron chi connectivity index (χ3n) is 3.61. The van der Waals surface area contributed by atoms with E-state index in [1.54, 1.807) is 5.57 Å². The van der Waals surface area contributed by atoms with Crippen molar-refractivity contribution in [1.29, 1.82) is 0 Å². The number of allylic oxidation sites excluding steroid dienone is 2. The highest BCUT2D eigenvalue weighted by Crippen LogP contribution is 2.28. The largest absolute Gasteiger partial charge is 0.382 e. The van der Waals surface area contributed by atoms with Crippen LogP contribution in [0.3, 0.4) is 0 Å². The molecule has 1 aliphatic rings. The number of anilines is 1. The van der Waals surface area contributed by atoms with Crippen molar-refractivity contribution < 1.29 is 0 Å². The Labute approximate surface area is 110 Å². The Kier molecular flexibility index (Phi) is 4.10. The SMILES string of the molecule is CC1=CC(C)CC(CNc2cnn(C(C)C)c2)C1. The molecule has 1 N–H and O–H groups in total. The van der Waals surface area contributed by atoms with Gasteiger partial charge in [-0.25, -0.2) is 0 Å². The van der Waals surface area contributed by atoms with Gasteiger partial charge in [0.2, 0.25) is 0 Å². The average molecular weight is 247 g/mol. The van der Waals surface area contributed by atoms with Crippen LogP contribution in [0, 0.1) is 11.8 Å². The number of rotatable bonds is 4. The van der Waals surface area contributed by atoms with Gasteiger partial charge in [-0.3, -0.25) is 4.68 Å². The molecule has 0 bridgehead atoms. The zero-order valence-electron chi connectivity index (χ0n) is 12.0. The summed E-state index contributed by atoms with van der Waals surface area (Å²) in [6.07, 6.45) is 8.96. The molecule has 100 valence electrons. The molecular weight excluding hydrogens is 222 g/mol. The number of nitrogens with zero attached hydrogens (tertiary/aromatic N) is 2. The van der Waals surface area contributed by atoms with Crippen LogP contribution in [0.1, 0.15) is 46.6 Å². The van der Waals surface area contributed by atoms with Crippen LogP contribution in [0.5, 0.6) is 0 Å². The Morgan fingerprint density at radius 2 is 2.28 bits per heavy atom. The lowest BCUT2D eigenvalue weighted by atomic mass is 9.84. The first kappa shape index (κ1) is 13.2. The lowest BCUT2D eigenvalue weighted by molar-refractivity contribution is 0.421. The van der Waals surface area contributed by atoms with Gasteiger partial charge >= 0.3 is 0 Å². The topological polar surface area (TPSA) is 29.9 Å². The summed E-state index contributed by atoms with van der Waals surface area (Å²) in [6.45, 7) is 9.91. The molecule has 1 aliphatic carbocycles. The Morgan fingerprint density at radius 3 is 2.89 bits per heavy atom. The first-order valence-corrected chi connectivity index (χ1v) is 7.00. The zero-order valence-corrected chi connectivity index (χ0v) is 12.0. The van der Waals surface area contributed by atoms with E-state index in [1.807, 2.05) is 10.9 Å². The second-order valence-corrected chi connectivity index (χ2v) is 5.98. The van der Waals surface area contributed by atoms with Crippen LogP contribution in [-0.4, -0.2) is 16.3 Å². The molecule has 1 aromatic heterocycles. The molecular formula is C15H25N3. The van der Waals surface area contributed by atoms with E-state index in [0.29, 0.717) is 6.04 Å². The number of hydrogen-bond donors (Lipinski definition) is 1. The van der Waals surface area contributed by atoms with Gasteiger partial charge < -0.3 is 5.32 Å². The molecule has 0 aromatic carbocycles. The molecule has 1 heterocycles. The number of aromatic nitrogens is 2. The number of hydrogen-bond acceptors (Lipinski definition) is 2. The standard InChI is InChI=1S/C15H25N3/c1-11(2)18-10-15(9-17-18)16-8-14-6-12(3)5-13(4)7-14/h5,9-12,14,16H,6-8H2,1-4H3. The van der Waals surface area contributed by atoms with Gasteiger partial charge in [-0.2, -0.15) is 5.10 Å². The van der Waals surface area contributed by atoms with Gasteiger partial charge in [0.05, 0.1) is 11.9 Å². The maximum Gasteiger partial charge on any atom is 0.0726 e. The molecule has 2 rings (SSSR count). The molecule has 18 heavy (non-hydrogen) atoms. The van der Waals surface area contributed by atoms with Gasteiger partial charge in [-0.05, 0) is 45.4 Å². The van der Waals surface area contributed by atoms with Crippen molar-refractivity contribution in [3.63, 3.8) is 0 Å². The fraction of sp³-hybridized carbons (Fsp3) is 0.667. The van der Waals surface area contributed by atoms with Gasteiger partial charge in [0.15, 0.2) is 0 Å².